The van der Waals surface area contributed by atoms with Gasteiger partial charge in [0.2, 0.25) is 0 Å². The van der Waals surface area contributed by atoms with Gasteiger partial charge in [0.25, 0.3) is 0 Å². The van der Waals surface area contributed by atoms with E-state index in [1.54, 1.807) is 0 Å². The number of aromatic nitrogens is 1. The fourth-order valence-electron chi connectivity index (χ4n) is 2.39. The molecule has 1 unspecified atom stereocenters. The molecule has 0 saturated heterocycles. The van der Waals surface area contributed by atoms with Crippen molar-refractivity contribution in [3.05, 3.63) is 77.5 Å². The number of para-hydroxylation sites is 1. The zero-order chi connectivity index (χ0) is 13.9. The first kappa shape index (κ1) is 12.8. The fourth-order valence-corrected chi connectivity index (χ4v) is 2.39. The van der Waals surface area contributed by atoms with E-state index in [2.05, 4.69) is 53.7 Å². The van der Waals surface area contributed by atoms with Crippen LogP contribution in [0.2, 0.25) is 0 Å². The van der Waals surface area contributed by atoms with Gasteiger partial charge >= 0.3 is 0 Å². The van der Waals surface area contributed by atoms with Crippen molar-refractivity contribution in [1.29, 1.82) is 0 Å². The van der Waals surface area contributed by atoms with Crippen molar-refractivity contribution in [2.24, 2.45) is 5.84 Å². The third-order valence-electron chi connectivity index (χ3n) is 3.52. The van der Waals surface area contributed by atoms with Gasteiger partial charge in [-0.1, -0.05) is 48.0 Å². The zero-order valence-electron chi connectivity index (χ0n) is 11.4. The maximum Gasteiger partial charge on any atom is 0.0725 e. The largest absolute Gasteiger partial charge is 0.271 e. The highest BCUT2D eigenvalue weighted by molar-refractivity contribution is 5.78. The Morgan fingerprint density at radius 2 is 1.75 bits per heavy atom. The predicted molar refractivity (Wildman–Crippen MR) is 82.1 cm³/mol. The molecule has 3 heteroatoms. The Hall–Kier alpha value is -2.23. The van der Waals surface area contributed by atoms with Crippen LogP contribution in [0, 0.1) is 6.92 Å². The first-order chi connectivity index (χ1) is 9.78. The summed E-state index contributed by atoms with van der Waals surface area (Å²) >= 11 is 0. The van der Waals surface area contributed by atoms with E-state index in [9.17, 15) is 0 Å². The van der Waals surface area contributed by atoms with Gasteiger partial charge in [-0.2, -0.15) is 0 Å². The second kappa shape index (κ2) is 5.41. The van der Waals surface area contributed by atoms with E-state index in [1.807, 2.05) is 24.4 Å². The summed E-state index contributed by atoms with van der Waals surface area (Å²) in [6, 6.07) is 18.5. The molecule has 0 bridgehead atoms. The maximum atomic E-state index is 5.74. The maximum absolute atomic E-state index is 5.74. The Bertz CT molecular complexity index is 720. The number of nitrogens with two attached hydrogens (primary N) is 1. The number of benzene rings is 2. The summed E-state index contributed by atoms with van der Waals surface area (Å²) in [6.07, 6.45) is 1.88. The molecular formula is C17H17N3. The number of hydrogen-bond donors (Lipinski definition) is 2. The van der Waals surface area contributed by atoms with Gasteiger partial charge in [0.1, 0.15) is 0 Å². The standard InChI is InChI=1S/C17H17N3/c1-12-6-8-13(9-7-12)17(20-18)15-10-14-4-2-3-5-16(14)19-11-15/h2-11,17,20H,18H2,1H3. The van der Waals surface area contributed by atoms with Crippen LogP contribution in [0.1, 0.15) is 22.7 Å². The summed E-state index contributed by atoms with van der Waals surface area (Å²) in [5, 5.41) is 1.12. The fraction of sp³-hybridized carbons (Fsp3) is 0.118. The minimum Gasteiger partial charge on any atom is -0.271 e. The molecule has 1 atom stereocenters. The molecule has 0 aliphatic rings. The Morgan fingerprint density at radius 1 is 1.00 bits per heavy atom. The van der Waals surface area contributed by atoms with Crippen LogP contribution in [0.15, 0.2) is 60.8 Å². The first-order valence-electron chi connectivity index (χ1n) is 6.65. The summed E-state index contributed by atoms with van der Waals surface area (Å²) in [5.74, 6) is 5.74. The van der Waals surface area contributed by atoms with Crippen molar-refractivity contribution < 1.29 is 0 Å². The minimum absolute atomic E-state index is 0.0484. The third kappa shape index (κ3) is 2.41. The first-order valence-corrected chi connectivity index (χ1v) is 6.65. The number of fused-ring (bicyclic) bond motifs is 1. The average Bonchev–Trinajstić information content (AvgIpc) is 2.50. The molecule has 1 heterocycles. The van der Waals surface area contributed by atoms with Gasteiger partial charge in [-0.15, -0.1) is 0 Å². The summed E-state index contributed by atoms with van der Waals surface area (Å²) in [5.41, 5.74) is 7.31. The SMILES string of the molecule is Cc1ccc(C(NN)c2cnc3ccccc3c2)cc1. The summed E-state index contributed by atoms with van der Waals surface area (Å²) in [6.45, 7) is 2.08. The van der Waals surface area contributed by atoms with Gasteiger partial charge in [-0.3, -0.25) is 10.8 Å². The lowest BCUT2D eigenvalue weighted by Gasteiger charge is -2.17. The van der Waals surface area contributed by atoms with Crippen LogP contribution in [0.5, 0.6) is 0 Å². The van der Waals surface area contributed by atoms with Crippen LogP contribution in [0.3, 0.4) is 0 Å². The molecule has 1 aromatic heterocycles. The highest BCUT2D eigenvalue weighted by atomic mass is 15.2. The van der Waals surface area contributed by atoms with Gasteiger partial charge in [0.05, 0.1) is 11.6 Å². The molecule has 3 nitrogen and oxygen atoms in total. The number of rotatable bonds is 3. The highest BCUT2D eigenvalue weighted by Gasteiger charge is 2.13. The Morgan fingerprint density at radius 3 is 2.50 bits per heavy atom. The van der Waals surface area contributed by atoms with Gasteiger partial charge in [0.15, 0.2) is 0 Å². The normalized spacial score (nSPS) is 12.5. The van der Waals surface area contributed by atoms with Crippen LogP contribution < -0.4 is 11.3 Å². The zero-order valence-corrected chi connectivity index (χ0v) is 11.4. The molecule has 0 radical (unpaired) electrons. The van der Waals surface area contributed by atoms with Gasteiger partial charge < -0.3 is 0 Å². The number of aryl methyl sites for hydroxylation is 1. The highest BCUT2D eigenvalue weighted by Crippen LogP contribution is 2.23. The van der Waals surface area contributed by atoms with E-state index in [-0.39, 0.29) is 6.04 Å². The van der Waals surface area contributed by atoms with E-state index in [4.69, 9.17) is 5.84 Å². The monoisotopic (exact) mass is 263 g/mol. The van der Waals surface area contributed by atoms with Crippen LogP contribution >= 0.6 is 0 Å². The van der Waals surface area contributed by atoms with Crippen molar-refractivity contribution in [2.75, 3.05) is 0 Å². The Labute approximate surface area is 118 Å². The van der Waals surface area contributed by atoms with Crippen molar-refractivity contribution in [3.63, 3.8) is 0 Å². The van der Waals surface area contributed by atoms with E-state index >= 15 is 0 Å². The van der Waals surface area contributed by atoms with Crippen LogP contribution in [-0.4, -0.2) is 4.98 Å². The molecule has 100 valence electrons. The molecule has 0 aliphatic carbocycles. The molecule has 20 heavy (non-hydrogen) atoms. The lowest BCUT2D eigenvalue weighted by molar-refractivity contribution is 0.635. The van der Waals surface area contributed by atoms with E-state index < -0.39 is 0 Å². The topological polar surface area (TPSA) is 50.9 Å². The molecule has 3 rings (SSSR count). The molecule has 0 spiro atoms. The lowest BCUT2D eigenvalue weighted by Crippen LogP contribution is -2.28. The molecule has 0 saturated carbocycles. The van der Waals surface area contributed by atoms with Crippen molar-refractivity contribution in [3.8, 4) is 0 Å². The van der Waals surface area contributed by atoms with E-state index in [0.717, 1.165) is 22.0 Å². The molecule has 0 fully saturated rings. The smallest absolute Gasteiger partial charge is 0.0725 e. The number of nitrogens with one attached hydrogen (secondary N) is 1. The van der Waals surface area contributed by atoms with E-state index in [0.29, 0.717) is 0 Å². The summed E-state index contributed by atoms with van der Waals surface area (Å²) in [4.78, 5) is 4.50. The number of hydrazine groups is 1. The van der Waals surface area contributed by atoms with Gasteiger partial charge in [0, 0.05) is 11.6 Å². The predicted octanol–water partition coefficient (Wildman–Crippen LogP) is 3.10. The van der Waals surface area contributed by atoms with Crippen molar-refractivity contribution >= 4 is 10.9 Å². The third-order valence-corrected chi connectivity index (χ3v) is 3.52. The van der Waals surface area contributed by atoms with Crippen LogP contribution in [-0.2, 0) is 0 Å². The molecule has 3 aromatic rings. The molecule has 2 aromatic carbocycles. The Kier molecular flexibility index (Phi) is 3.46. The summed E-state index contributed by atoms with van der Waals surface area (Å²) in [7, 11) is 0. The average molecular weight is 263 g/mol. The Balaban J connectivity index is 2.04. The molecule has 0 aliphatic heterocycles. The number of pyridine rings is 1. The second-order valence-corrected chi connectivity index (χ2v) is 4.97. The molecule has 0 amide bonds. The minimum atomic E-state index is -0.0484. The molecule has 3 N–H and O–H groups in total. The van der Waals surface area contributed by atoms with Crippen molar-refractivity contribution in [2.45, 2.75) is 13.0 Å². The van der Waals surface area contributed by atoms with Crippen LogP contribution in [0.25, 0.3) is 10.9 Å². The van der Waals surface area contributed by atoms with Gasteiger partial charge in [-0.25, -0.2) is 5.43 Å². The van der Waals surface area contributed by atoms with Gasteiger partial charge in [-0.05, 0) is 30.2 Å². The quantitative estimate of drug-likeness (QED) is 0.564. The number of nitrogens with zero attached hydrogens (tertiary/aromatic N) is 1. The van der Waals surface area contributed by atoms with Crippen LogP contribution in [0.4, 0.5) is 0 Å². The van der Waals surface area contributed by atoms with Crippen molar-refractivity contribution in [1.82, 2.24) is 10.4 Å². The number of hydrogen-bond acceptors (Lipinski definition) is 3. The second-order valence-electron chi connectivity index (χ2n) is 4.97. The molecular weight excluding hydrogens is 246 g/mol. The summed E-state index contributed by atoms with van der Waals surface area (Å²) < 4.78 is 0. The van der Waals surface area contributed by atoms with E-state index in [1.165, 1.54) is 5.56 Å². The lowest BCUT2D eigenvalue weighted by atomic mass is 9.98.